The van der Waals surface area contributed by atoms with Crippen molar-refractivity contribution < 1.29 is 9.84 Å². The van der Waals surface area contributed by atoms with E-state index in [0.29, 0.717) is 17.3 Å². The van der Waals surface area contributed by atoms with E-state index in [1.54, 1.807) is 6.20 Å². The molecule has 3 aromatic rings. The van der Waals surface area contributed by atoms with Gasteiger partial charge in [0.1, 0.15) is 0 Å². The van der Waals surface area contributed by atoms with Gasteiger partial charge < -0.3 is 9.84 Å². The van der Waals surface area contributed by atoms with Crippen LogP contribution in [-0.4, -0.2) is 19.9 Å². The number of ether oxygens (including phenoxy) is 1. The minimum Gasteiger partial charge on any atom is -0.435 e. The highest BCUT2D eigenvalue weighted by atomic mass is 16.5. The van der Waals surface area contributed by atoms with Crippen LogP contribution in [0.1, 0.15) is 19.0 Å². The Balaban J connectivity index is 1.98. The molecular formula is C16H17N3O2. The summed E-state index contributed by atoms with van der Waals surface area (Å²) in [7, 11) is 0. The molecule has 0 radical (unpaired) electrons. The lowest BCUT2D eigenvalue weighted by molar-refractivity contribution is 0.275. The van der Waals surface area contributed by atoms with Crippen LogP contribution in [0.3, 0.4) is 0 Å². The molecule has 0 unspecified atom stereocenters. The quantitative estimate of drug-likeness (QED) is 0.781. The van der Waals surface area contributed by atoms with E-state index in [4.69, 9.17) is 4.74 Å². The number of benzene rings is 1. The second-order valence-electron chi connectivity index (χ2n) is 4.84. The van der Waals surface area contributed by atoms with Crippen LogP contribution in [0.15, 0.2) is 42.7 Å². The zero-order valence-electron chi connectivity index (χ0n) is 11.9. The largest absolute Gasteiger partial charge is 0.435 e. The Kier molecular flexibility index (Phi) is 3.83. The van der Waals surface area contributed by atoms with Gasteiger partial charge in [-0.3, -0.25) is 4.68 Å². The molecular weight excluding hydrogens is 266 g/mol. The van der Waals surface area contributed by atoms with Crippen LogP contribution in [-0.2, 0) is 13.2 Å². The molecule has 21 heavy (non-hydrogen) atoms. The Bertz CT molecular complexity index is 752. The Morgan fingerprint density at radius 1 is 1.29 bits per heavy atom. The predicted molar refractivity (Wildman–Crippen MR) is 80.3 cm³/mol. The minimum atomic E-state index is -0.115. The standard InChI is InChI=1S/C16H17N3O2/c1-2-7-19-10-14(9-17-19)21-16-15-6-4-3-5-12(15)8-13(11-20)18-16/h3-6,8-10,20H,2,7,11H2,1H3. The summed E-state index contributed by atoms with van der Waals surface area (Å²) in [4.78, 5) is 4.36. The molecule has 0 aliphatic rings. The third kappa shape index (κ3) is 2.87. The molecule has 0 amide bonds. The van der Waals surface area contributed by atoms with Crippen molar-refractivity contribution in [1.29, 1.82) is 0 Å². The summed E-state index contributed by atoms with van der Waals surface area (Å²) in [5.74, 6) is 1.14. The van der Waals surface area contributed by atoms with E-state index in [-0.39, 0.29) is 6.61 Å². The summed E-state index contributed by atoms with van der Waals surface area (Å²) in [6, 6.07) is 9.68. The number of fused-ring (bicyclic) bond motifs is 1. The molecule has 0 saturated carbocycles. The van der Waals surface area contributed by atoms with Gasteiger partial charge >= 0.3 is 0 Å². The highest BCUT2D eigenvalue weighted by Crippen LogP contribution is 2.28. The first-order valence-corrected chi connectivity index (χ1v) is 7.00. The molecule has 0 fully saturated rings. The van der Waals surface area contributed by atoms with Gasteiger partial charge in [-0.05, 0) is 23.9 Å². The van der Waals surface area contributed by atoms with Crippen LogP contribution in [0.2, 0.25) is 0 Å². The molecule has 0 aliphatic carbocycles. The minimum absolute atomic E-state index is 0.115. The van der Waals surface area contributed by atoms with E-state index < -0.39 is 0 Å². The van der Waals surface area contributed by atoms with E-state index >= 15 is 0 Å². The van der Waals surface area contributed by atoms with Gasteiger partial charge in [0.05, 0.1) is 24.7 Å². The second-order valence-corrected chi connectivity index (χ2v) is 4.84. The fourth-order valence-electron chi connectivity index (χ4n) is 2.24. The van der Waals surface area contributed by atoms with Crippen LogP contribution in [0.25, 0.3) is 10.8 Å². The van der Waals surface area contributed by atoms with Crippen LogP contribution in [0, 0.1) is 0 Å². The first-order valence-electron chi connectivity index (χ1n) is 7.00. The first kappa shape index (κ1) is 13.6. The molecule has 3 rings (SSSR count). The fraction of sp³-hybridized carbons (Fsp3) is 0.250. The van der Waals surface area contributed by atoms with Crippen molar-refractivity contribution in [2.45, 2.75) is 26.5 Å². The Morgan fingerprint density at radius 2 is 2.14 bits per heavy atom. The predicted octanol–water partition coefficient (Wildman–Crippen LogP) is 3.13. The third-order valence-corrected chi connectivity index (χ3v) is 3.20. The number of aromatic nitrogens is 3. The van der Waals surface area contributed by atoms with Crippen LogP contribution in [0.4, 0.5) is 0 Å². The van der Waals surface area contributed by atoms with E-state index in [1.807, 2.05) is 41.2 Å². The van der Waals surface area contributed by atoms with Gasteiger partial charge in [-0.2, -0.15) is 5.10 Å². The van der Waals surface area contributed by atoms with Crippen molar-refractivity contribution in [1.82, 2.24) is 14.8 Å². The Morgan fingerprint density at radius 3 is 2.95 bits per heavy atom. The van der Waals surface area contributed by atoms with E-state index in [1.165, 1.54) is 0 Å². The molecule has 2 heterocycles. The van der Waals surface area contributed by atoms with Crippen molar-refractivity contribution in [3.63, 3.8) is 0 Å². The summed E-state index contributed by atoms with van der Waals surface area (Å²) >= 11 is 0. The zero-order valence-corrected chi connectivity index (χ0v) is 11.9. The van der Waals surface area contributed by atoms with E-state index in [9.17, 15) is 5.11 Å². The van der Waals surface area contributed by atoms with Gasteiger partial charge in [0, 0.05) is 11.9 Å². The maximum absolute atomic E-state index is 9.33. The van der Waals surface area contributed by atoms with Gasteiger partial charge in [-0.1, -0.05) is 25.1 Å². The lowest BCUT2D eigenvalue weighted by Crippen LogP contribution is -1.96. The van der Waals surface area contributed by atoms with Gasteiger partial charge in [-0.15, -0.1) is 0 Å². The van der Waals surface area contributed by atoms with Crippen molar-refractivity contribution in [2.24, 2.45) is 0 Å². The topological polar surface area (TPSA) is 60.2 Å². The molecule has 0 atom stereocenters. The van der Waals surface area contributed by atoms with Crippen molar-refractivity contribution in [3.05, 3.63) is 48.4 Å². The monoisotopic (exact) mass is 283 g/mol. The molecule has 0 aliphatic heterocycles. The maximum Gasteiger partial charge on any atom is 0.227 e. The molecule has 2 aromatic heterocycles. The van der Waals surface area contributed by atoms with Crippen molar-refractivity contribution >= 4 is 10.8 Å². The van der Waals surface area contributed by atoms with Crippen molar-refractivity contribution in [3.8, 4) is 11.6 Å². The molecule has 108 valence electrons. The molecule has 0 spiro atoms. The summed E-state index contributed by atoms with van der Waals surface area (Å²) in [5, 5.41) is 15.5. The Hall–Kier alpha value is -2.40. The molecule has 5 heteroatoms. The number of pyridine rings is 1. The molecule has 5 nitrogen and oxygen atoms in total. The highest BCUT2D eigenvalue weighted by Gasteiger charge is 2.09. The zero-order chi connectivity index (χ0) is 14.7. The summed E-state index contributed by atoms with van der Waals surface area (Å²) < 4.78 is 7.70. The smallest absolute Gasteiger partial charge is 0.227 e. The number of hydrogen-bond donors (Lipinski definition) is 1. The lowest BCUT2D eigenvalue weighted by atomic mass is 10.1. The molecule has 1 aromatic carbocycles. The molecule has 0 saturated heterocycles. The fourth-order valence-corrected chi connectivity index (χ4v) is 2.24. The molecule has 1 N–H and O–H groups in total. The number of aryl methyl sites for hydroxylation is 1. The lowest BCUT2D eigenvalue weighted by Gasteiger charge is -2.08. The average molecular weight is 283 g/mol. The number of hydrogen-bond acceptors (Lipinski definition) is 4. The van der Waals surface area contributed by atoms with Crippen LogP contribution in [0.5, 0.6) is 11.6 Å². The van der Waals surface area contributed by atoms with Crippen LogP contribution < -0.4 is 4.74 Å². The Labute approximate surface area is 122 Å². The molecule has 0 bridgehead atoms. The van der Waals surface area contributed by atoms with Gasteiger partial charge in [0.2, 0.25) is 5.88 Å². The van der Waals surface area contributed by atoms with E-state index in [2.05, 4.69) is 17.0 Å². The summed E-state index contributed by atoms with van der Waals surface area (Å²) in [6.45, 7) is 2.84. The van der Waals surface area contributed by atoms with Crippen LogP contribution >= 0.6 is 0 Å². The third-order valence-electron chi connectivity index (χ3n) is 3.20. The second kappa shape index (κ2) is 5.93. The van der Waals surface area contributed by atoms with Gasteiger partial charge in [0.15, 0.2) is 5.75 Å². The highest BCUT2D eigenvalue weighted by molar-refractivity contribution is 5.87. The van der Waals surface area contributed by atoms with Gasteiger partial charge in [0.25, 0.3) is 0 Å². The number of aliphatic hydroxyl groups excluding tert-OH is 1. The first-order chi connectivity index (χ1) is 10.3. The summed E-state index contributed by atoms with van der Waals surface area (Å²) in [6.07, 6.45) is 4.55. The number of nitrogens with zero attached hydrogens (tertiary/aromatic N) is 3. The normalized spacial score (nSPS) is 11.0. The SMILES string of the molecule is CCCn1cc(Oc2nc(CO)cc3ccccc23)cn1. The van der Waals surface area contributed by atoms with Crippen molar-refractivity contribution in [2.75, 3.05) is 0 Å². The number of rotatable bonds is 5. The van der Waals surface area contributed by atoms with E-state index in [0.717, 1.165) is 23.7 Å². The summed E-state index contributed by atoms with van der Waals surface area (Å²) in [5.41, 5.74) is 0.588. The maximum atomic E-state index is 9.33. The number of aliphatic hydroxyl groups is 1. The average Bonchev–Trinajstić information content (AvgIpc) is 2.94. The van der Waals surface area contributed by atoms with Gasteiger partial charge in [-0.25, -0.2) is 4.98 Å².